The maximum absolute atomic E-state index is 9.92. The predicted molar refractivity (Wildman–Crippen MR) is 63.4 cm³/mol. The van der Waals surface area contributed by atoms with Gasteiger partial charge in [-0.25, -0.2) is 0 Å². The highest BCUT2D eigenvalue weighted by atomic mass is 32.5. The molecule has 4 heteroatoms. The smallest absolute Gasteiger partial charge is 0.216 e. The molecule has 1 aromatic carbocycles. The van der Waals surface area contributed by atoms with Crippen LogP contribution >= 0.6 is 6.49 Å². The van der Waals surface area contributed by atoms with Crippen molar-refractivity contribution in [3.8, 4) is 0 Å². The zero-order valence-electron chi connectivity index (χ0n) is 8.22. The number of unbranched alkanes of at least 4 members (excludes halogenated alkanes) is 1. The molecular formula is C10H15O2PS. The minimum absolute atomic E-state index is 0.541. The van der Waals surface area contributed by atoms with Crippen LogP contribution in [0.4, 0.5) is 0 Å². The van der Waals surface area contributed by atoms with E-state index in [1.165, 1.54) is 0 Å². The Labute approximate surface area is 90.1 Å². The van der Waals surface area contributed by atoms with Crippen molar-refractivity contribution in [3.63, 3.8) is 0 Å². The molecule has 78 valence electrons. The number of benzene rings is 1. The van der Waals surface area contributed by atoms with Crippen LogP contribution in [0.2, 0.25) is 0 Å². The summed E-state index contributed by atoms with van der Waals surface area (Å²) in [5.41, 5.74) is 0. The second-order valence-electron chi connectivity index (χ2n) is 3.04. The van der Waals surface area contributed by atoms with Gasteiger partial charge in [-0.1, -0.05) is 31.5 Å². The van der Waals surface area contributed by atoms with Gasteiger partial charge in [-0.2, -0.15) is 0 Å². The summed E-state index contributed by atoms with van der Waals surface area (Å²) in [6.45, 7) is -0.124. The summed E-state index contributed by atoms with van der Waals surface area (Å²) < 4.78 is 5.34. The fourth-order valence-corrected chi connectivity index (χ4v) is 2.69. The molecule has 0 heterocycles. The van der Waals surface area contributed by atoms with Gasteiger partial charge >= 0.3 is 0 Å². The van der Waals surface area contributed by atoms with E-state index in [1.54, 1.807) is 0 Å². The Morgan fingerprint density at radius 2 is 2.00 bits per heavy atom. The molecule has 0 saturated heterocycles. The minimum Gasteiger partial charge on any atom is -0.342 e. The highest BCUT2D eigenvalue weighted by Gasteiger charge is 2.15. The fraction of sp³-hybridized carbons (Fsp3) is 0.400. The van der Waals surface area contributed by atoms with E-state index in [0.717, 1.165) is 18.1 Å². The Hall–Kier alpha value is -0.210. The first-order chi connectivity index (χ1) is 6.67. The largest absolute Gasteiger partial charge is 0.342 e. The van der Waals surface area contributed by atoms with Crippen molar-refractivity contribution >= 4 is 23.6 Å². The van der Waals surface area contributed by atoms with E-state index in [-0.39, 0.29) is 0 Å². The fourth-order valence-electron chi connectivity index (χ4n) is 1.02. The lowest BCUT2D eigenvalue weighted by Gasteiger charge is -2.15. The SMILES string of the molecule is CCCCOP(O)(=S)c1ccccc1. The van der Waals surface area contributed by atoms with E-state index in [9.17, 15) is 4.89 Å². The first kappa shape index (κ1) is 11.9. The van der Waals surface area contributed by atoms with Gasteiger partial charge in [0.2, 0.25) is 6.49 Å². The monoisotopic (exact) mass is 230 g/mol. The van der Waals surface area contributed by atoms with E-state index in [1.807, 2.05) is 30.3 Å². The Kier molecular flexibility index (Phi) is 4.76. The molecule has 0 radical (unpaired) electrons. The van der Waals surface area contributed by atoms with E-state index >= 15 is 0 Å². The highest BCUT2D eigenvalue weighted by Crippen LogP contribution is 2.40. The van der Waals surface area contributed by atoms with Crippen molar-refractivity contribution in [2.24, 2.45) is 0 Å². The van der Waals surface area contributed by atoms with Gasteiger partial charge in [0, 0.05) is 5.30 Å². The maximum atomic E-state index is 9.92. The Morgan fingerprint density at radius 1 is 1.36 bits per heavy atom. The third-order valence-electron chi connectivity index (χ3n) is 1.85. The minimum atomic E-state index is -2.74. The Balaban J connectivity index is 2.62. The van der Waals surface area contributed by atoms with Crippen molar-refractivity contribution < 1.29 is 9.42 Å². The summed E-state index contributed by atoms with van der Waals surface area (Å²) in [7, 11) is 0. The summed E-state index contributed by atoms with van der Waals surface area (Å²) >= 11 is 5.07. The summed E-state index contributed by atoms with van der Waals surface area (Å²) in [5.74, 6) is 0. The Bertz CT molecular complexity index is 313. The zero-order chi connectivity index (χ0) is 10.4. The molecule has 0 aliphatic heterocycles. The molecule has 0 fully saturated rings. The van der Waals surface area contributed by atoms with Gasteiger partial charge in [0.25, 0.3) is 0 Å². The molecule has 0 bridgehead atoms. The van der Waals surface area contributed by atoms with E-state index in [0.29, 0.717) is 6.61 Å². The molecule has 1 unspecified atom stereocenters. The van der Waals surface area contributed by atoms with Crippen LogP contribution in [0.3, 0.4) is 0 Å². The van der Waals surface area contributed by atoms with Gasteiger partial charge in [-0.05, 0) is 30.4 Å². The third kappa shape index (κ3) is 3.50. The molecule has 0 aliphatic carbocycles. The molecule has 1 rings (SSSR count). The molecule has 0 aromatic heterocycles. The quantitative estimate of drug-likeness (QED) is 0.622. The van der Waals surface area contributed by atoms with E-state index in [2.05, 4.69) is 6.92 Å². The normalized spacial score (nSPS) is 15.0. The van der Waals surface area contributed by atoms with Crippen LogP contribution in [-0.2, 0) is 16.3 Å². The number of hydrogen-bond donors (Lipinski definition) is 1. The van der Waals surface area contributed by atoms with Crippen molar-refractivity contribution in [2.75, 3.05) is 6.61 Å². The van der Waals surface area contributed by atoms with Crippen molar-refractivity contribution in [1.82, 2.24) is 0 Å². The Morgan fingerprint density at radius 3 is 2.57 bits per heavy atom. The lowest BCUT2D eigenvalue weighted by Crippen LogP contribution is -2.06. The van der Waals surface area contributed by atoms with Crippen LogP contribution in [0.1, 0.15) is 19.8 Å². The van der Waals surface area contributed by atoms with Gasteiger partial charge in [0.15, 0.2) is 0 Å². The summed E-state index contributed by atoms with van der Waals surface area (Å²) in [6.07, 6.45) is 1.98. The third-order valence-corrected chi connectivity index (χ3v) is 4.28. The second-order valence-corrected chi connectivity index (χ2v) is 6.34. The lowest BCUT2D eigenvalue weighted by atomic mass is 10.4. The first-order valence-electron chi connectivity index (χ1n) is 4.70. The number of hydrogen-bond acceptors (Lipinski definition) is 2. The molecule has 1 N–H and O–H groups in total. The number of rotatable bonds is 5. The van der Waals surface area contributed by atoms with Crippen molar-refractivity contribution in [1.29, 1.82) is 0 Å². The molecule has 14 heavy (non-hydrogen) atoms. The average Bonchev–Trinajstić information content (AvgIpc) is 2.19. The summed E-state index contributed by atoms with van der Waals surface area (Å²) in [5, 5.41) is 0.728. The van der Waals surface area contributed by atoms with Gasteiger partial charge in [0.1, 0.15) is 0 Å². The van der Waals surface area contributed by atoms with Crippen molar-refractivity contribution in [3.05, 3.63) is 30.3 Å². The van der Waals surface area contributed by atoms with Crippen LogP contribution in [-0.4, -0.2) is 11.5 Å². The van der Waals surface area contributed by atoms with Gasteiger partial charge in [-0.15, -0.1) is 0 Å². The average molecular weight is 230 g/mol. The molecule has 1 aromatic rings. The lowest BCUT2D eigenvalue weighted by molar-refractivity contribution is 0.307. The van der Waals surface area contributed by atoms with Crippen LogP contribution in [0.15, 0.2) is 30.3 Å². The van der Waals surface area contributed by atoms with Crippen LogP contribution in [0.5, 0.6) is 0 Å². The van der Waals surface area contributed by atoms with Gasteiger partial charge < -0.3 is 9.42 Å². The van der Waals surface area contributed by atoms with Crippen LogP contribution < -0.4 is 5.30 Å². The van der Waals surface area contributed by atoms with Gasteiger partial charge in [0.05, 0.1) is 6.61 Å². The second kappa shape index (κ2) is 5.62. The zero-order valence-corrected chi connectivity index (χ0v) is 9.93. The molecule has 0 spiro atoms. The summed E-state index contributed by atoms with van der Waals surface area (Å²) in [6, 6.07) is 9.23. The molecule has 0 aliphatic rings. The van der Waals surface area contributed by atoms with E-state index in [4.69, 9.17) is 16.3 Å². The molecule has 1 atom stereocenters. The first-order valence-corrected chi connectivity index (χ1v) is 7.37. The topological polar surface area (TPSA) is 29.5 Å². The molecule has 0 saturated carbocycles. The molecule has 2 nitrogen and oxygen atoms in total. The highest BCUT2D eigenvalue weighted by molar-refractivity contribution is 8.13. The predicted octanol–water partition coefficient (Wildman–Crippen LogP) is 2.43. The molecular weight excluding hydrogens is 215 g/mol. The standard InChI is InChI=1S/C10H15O2PS/c1-2-3-9-12-13(11,14)10-7-5-4-6-8-10/h4-8H,2-3,9H2,1H3,(H,11,14). The van der Waals surface area contributed by atoms with Crippen molar-refractivity contribution in [2.45, 2.75) is 19.8 Å². The van der Waals surface area contributed by atoms with E-state index < -0.39 is 6.49 Å². The summed E-state index contributed by atoms with van der Waals surface area (Å²) in [4.78, 5) is 9.92. The van der Waals surface area contributed by atoms with Crippen LogP contribution in [0.25, 0.3) is 0 Å². The maximum Gasteiger partial charge on any atom is 0.216 e. The van der Waals surface area contributed by atoms with Crippen LogP contribution in [0, 0.1) is 0 Å². The van der Waals surface area contributed by atoms with Gasteiger partial charge in [-0.3, -0.25) is 0 Å². The molecule has 0 amide bonds.